The Bertz CT molecular complexity index is 400. The molecule has 106 valence electrons. The van der Waals surface area contributed by atoms with Crippen LogP contribution in [0.25, 0.3) is 0 Å². The van der Waals surface area contributed by atoms with E-state index >= 15 is 0 Å². The van der Waals surface area contributed by atoms with E-state index in [2.05, 4.69) is 22.3 Å². The van der Waals surface area contributed by atoms with E-state index in [0.29, 0.717) is 11.8 Å². The van der Waals surface area contributed by atoms with Gasteiger partial charge in [0.2, 0.25) is 5.89 Å². The van der Waals surface area contributed by atoms with Gasteiger partial charge in [-0.15, -0.1) is 0 Å². The Kier molecular flexibility index (Phi) is 4.13. The molecule has 3 heterocycles. The number of aromatic nitrogens is 2. The molecule has 2 fully saturated rings. The first kappa shape index (κ1) is 13.1. The molecule has 5 nitrogen and oxygen atoms in total. The number of nitrogens with one attached hydrogen (secondary N) is 1. The van der Waals surface area contributed by atoms with Crippen LogP contribution >= 0.6 is 0 Å². The van der Waals surface area contributed by atoms with E-state index in [1.54, 1.807) is 0 Å². The SMILES string of the molecule is CCN1CCCC(c2nc(C3CCNCC3)no2)C1. The standard InChI is InChI=1S/C14H24N4O/c1-2-18-9-3-4-12(10-18)14-16-13(17-19-14)11-5-7-15-8-6-11/h11-12,15H,2-10H2,1H3. The predicted octanol–water partition coefficient (Wildman–Crippen LogP) is 1.74. The number of nitrogens with zero attached hydrogens (tertiary/aromatic N) is 3. The summed E-state index contributed by atoms with van der Waals surface area (Å²) in [5.74, 6) is 2.73. The fourth-order valence-corrected chi connectivity index (χ4v) is 3.20. The maximum atomic E-state index is 5.54. The second-order valence-electron chi connectivity index (χ2n) is 5.75. The zero-order chi connectivity index (χ0) is 13.1. The van der Waals surface area contributed by atoms with Crippen LogP contribution in [0.2, 0.25) is 0 Å². The van der Waals surface area contributed by atoms with Crippen molar-refractivity contribution in [1.29, 1.82) is 0 Å². The summed E-state index contributed by atoms with van der Waals surface area (Å²) in [7, 11) is 0. The van der Waals surface area contributed by atoms with Crippen molar-refractivity contribution in [1.82, 2.24) is 20.4 Å². The van der Waals surface area contributed by atoms with Gasteiger partial charge in [-0.1, -0.05) is 12.1 Å². The van der Waals surface area contributed by atoms with Crippen molar-refractivity contribution in [2.75, 3.05) is 32.7 Å². The molecule has 2 aliphatic rings. The normalized spacial score (nSPS) is 26.7. The zero-order valence-corrected chi connectivity index (χ0v) is 11.8. The average molecular weight is 264 g/mol. The van der Waals surface area contributed by atoms with Gasteiger partial charge >= 0.3 is 0 Å². The van der Waals surface area contributed by atoms with E-state index in [4.69, 9.17) is 9.51 Å². The highest BCUT2D eigenvalue weighted by molar-refractivity contribution is 5.02. The number of likely N-dealkylation sites (tertiary alicyclic amines) is 1. The predicted molar refractivity (Wildman–Crippen MR) is 73.2 cm³/mol. The summed E-state index contributed by atoms with van der Waals surface area (Å²) in [6, 6.07) is 0. The molecule has 2 saturated heterocycles. The van der Waals surface area contributed by atoms with Gasteiger partial charge in [0.25, 0.3) is 0 Å². The van der Waals surface area contributed by atoms with Gasteiger partial charge in [0.1, 0.15) is 0 Å². The summed E-state index contributed by atoms with van der Waals surface area (Å²) in [5, 5.41) is 7.61. The monoisotopic (exact) mass is 264 g/mol. The van der Waals surface area contributed by atoms with Crippen LogP contribution in [0.3, 0.4) is 0 Å². The third-order valence-corrected chi connectivity index (χ3v) is 4.46. The third kappa shape index (κ3) is 2.98. The summed E-state index contributed by atoms with van der Waals surface area (Å²) in [5.41, 5.74) is 0. The quantitative estimate of drug-likeness (QED) is 0.901. The zero-order valence-electron chi connectivity index (χ0n) is 11.8. The maximum absolute atomic E-state index is 5.54. The van der Waals surface area contributed by atoms with Gasteiger partial charge in [-0.25, -0.2) is 0 Å². The van der Waals surface area contributed by atoms with Crippen LogP contribution in [0.1, 0.15) is 56.2 Å². The first-order valence-corrected chi connectivity index (χ1v) is 7.63. The number of rotatable bonds is 3. The maximum Gasteiger partial charge on any atom is 0.231 e. The topological polar surface area (TPSA) is 54.2 Å². The number of hydrogen-bond acceptors (Lipinski definition) is 5. The molecular weight excluding hydrogens is 240 g/mol. The lowest BCUT2D eigenvalue weighted by Crippen LogP contribution is -2.34. The summed E-state index contributed by atoms with van der Waals surface area (Å²) >= 11 is 0. The molecule has 1 N–H and O–H groups in total. The molecule has 0 amide bonds. The highest BCUT2D eigenvalue weighted by Gasteiger charge is 2.27. The molecule has 0 spiro atoms. The van der Waals surface area contributed by atoms with Crippen LogP contribution in [0.15, 0.2) is 4.52 Å². The Morgan fingerprint density at radius 3 is 2.89 bits per heavy atom. The van der Waals surface area contributed by atoms with Gasteiger partial charge in [0.15, 0.2) is 5.82 Å². The van der Waals surface area contributed by atoms with Crippen molar-refractivity contribution >= 4 is 0 Å². The van der Waals surface area contributed by atoms with Crippen molar-refractivity contribution in [3.8, 4) is 0 Å². The van der Waals surface area contributed by atoms with Gasteiger partial charge in [0, 0.05) is 12.5 Å². The fourth-order valence-electron chi connectivity index (χ4n) is 3.20. The molecule has 1 aromatic rings. The van der Waals surface area contributed by atoms with Crippen molar-refractivity contribution in [2.45, 2.75) is 44.4 Å². The lowest BCUT2D eigenvalue weighted by atomic mass is 9.96. The van der Waals surface area contributed by atoms with Crippen LogP contribution < -0.4 is 5.32 Å². The molecule has 0 aromatic carbocycles. The Labute approximate surface area is 114 Å². The van der Waals surface area contributed by atoms with Crippen LogP contribution in [0.5, 0.6) is 0 Å². The number of piperidine rings is 2. The lowest BCUT2D eigenvalue weighted by molar-refractivity contribution is 0.194. The van der Waals surface area contributed by atoms with Crippen LogP contribution in [-0.4, -0.2) is 47.8 Å². The minimum absolute atomic E-state index is 0.441. The van der Waals surface area contributed by atoms with Gasteiger partial charge < -0.3 is 14.7 Å². The molecule has 1 aromatic heterocycles. The molecule has 5 heteroatoms. The van der Waals surface area contributed by atoms with Crippen molar-refractivity contribution in [3.63, 3.8) is 0 Å². The molecule has 0 saturated carbocycles. The second kappa shape index (κ2) is 6.01. The van der Waals surface area contributed by atoms with Crippen LogP contribution in [-0.2, 0) is 0 Å². The Balaban J connectivity index is 1.66. The minimum atomic E-state index is 0.441. The minimum Gasteiger partial charge on any atom is -0.339 e. The van der Waals surface area contributed by atoms with Crippen molar-refractivity contribution in [3.05, 3.63) is 11.7 Å². The molecule has 2 aliphatic heterocycles. The largest absolute Gasteiger partial charge is 0.339 e. The lowest BCUT2D eigenvalue weighted by Gasteiger charge is -2.29. The highest BCUT2D eigenvalue weighted by atomic mass is 16.5. The summed E-state index contributed by atoms with van der Waals surface area (Å²) < 4.78 is 5.54. The average Bonchev–Trinajstić information content (AvgIpc) is 2.98. The van der Waals surface area contributed by atoms with Crippen molar-refractivity contribution < 1.29 is 4.52 Å². The van der Waals surface area contributed by atoms with Gasteiger partial charge in [-0.3, -0.25) is 0 Å². The molecule has 0 bridgehead atoms. The first-order valence-electron chi connectivity index (χ1n) is 7.63. The number of hydrogen-bond donors (Lipinski definition) is 1. The van der Waals surface area contributed by atoms with E-state index < -0.39 is 0 Å². The van der Waals surface area contributed by atoms with Gasteiger partial charge in [-0.2, -0.15) is 4.98 Å². The third-order valence-electron chi connectivity index (χ3n) is 4.46. The second-order valence-corrected chi connectivity index (χ2v) is 5.75. The number of likely N-dealkylation sites (N-methyl/N-ethyl adjacent to an activating group) is 1. The molecule has 3 rings (SSSR count). The summed E-state index contributed by atoms with van der Waals surface area (Å²) in [6.07, 6.45) is 4.68. The van der Waals surface area contributed by atoms with E-state index in [0.717, 1.165) is 50.7 Å². The van der Waals surface area contributed by atoms with E-state index in [-0.39, 0.29) is 0 Å². The Morgan fingerprint density at radius 1 is 1.26 bits per heavy atom. The van der Waals surface area contributed by atoms with Crippen LogP contribution in [0.4, 0.5) is 0 Å². The summed E-state index contributed by atoms with van der Waals surface area (Å²) in [4.78, 5) is 7.17. The fraction of sp³-hybridized carbons (Fsp3) is 0.857. The molecule has 0 radical (unpaired) electrons. The van der Waals surface area contributed by atoms with E-state index in [9.17, 15) is 0 Å². The highest BCUT2D eigenvalue weighted by Crippen LogP contribution is 2.28. The Hall–Kier alpha value is -0.940. The van der Waals surface area contributed by atoms with Gasteiger partial charge in [0.05, 0.1) is 5.92 Å². The van der Waals surface area contributed by atoms with Crippen molar-refractivity contribution in [2.24, 2.45) is 0 Å². The van der Waals surface area contributed by atoms with E-state index in [1.165, 1.54) is 19.4 Å². The van der Waals surface area contributed by atoms with Gasteiger partial charge in [-0.05, 0) is 51.9 Å². The molecule has 19 heavy (non-hydrogen) atoms. The first-order chi connectivity index (χ1) is 9.36. The molecule has 1 unspecified atom stereocenters. The van der Waals surface area contributed by atoms with E-state index in [1.807, 2.05) is 0 Å². The Morgan fingerprint density at radius 2 is 2.11 bits per heavy atom. The molecular formula is C14H24N4O. The smallest absolute Gasteiger partial charge is 0.231 e. The molecule has 0 aliphatic carbocycles. The van der Waals surface area contributed by atoms with Crippen LogP contribution in [0, 0.1) is 0 Å². The molecule has 1 atom stereocenters. The summed E-state index contributed by atoms with van der Waals surface area (Å²) in [6.45, 7) is 7.76.